The van der Waals surface area contributed by atoms with Gasteiger partial charge in [-0.2, -0.15) is 0 Å². The molecule has 1 aliphatic rings. The number of hydrogen-bond donors (Lipinski definition) is 0. The minimum absolute atomic E-state index is 1.05. The Labute approximate surface area is 77.1 Å². The van der Waals surface area contributed by atoms with Crippen molar-refractivity contribution in [2.75, 3.05) is 0 Å². The molecule has 0 N–H and O–H groups in total. The van der Waals surface area contributed by atoms with E-state index in [1.807, 2.05) is 0 Å². The highest BCUT2D eigenvalue weighted by molar-refractivity contribution is 4.82. The maximum Gasteiger partial charge on any atom is -0.0348 e. The van der Waals surface area contributed by atoms with Gasteiger partial charge in [0.05, 0.1) is 0 Å². The molecule has 0 aromatic rings. The van der Waals surface area contributed by atoms with Crippen LogP contribution in [0.2, 0.25) is 0 Å². The summed E-state index contributed by atoms with van der Waals surface area (Å²) in [5.41, 5.74) is 0. The molecule has 0 spiro atoms. The fourth-order valence-corrected chi connectivity index (χ4v) is 2.51. The van der Waals surface area contributed by atoms with Gasteiger partial charge in [0.15, 0.2) is 0 Å². The number of hydrogen-bond acceptors (Lipinski definition) is 0. The average molecular weight is 166 g/mol. The van der Waals surface area contributed by atoms with E-state index in [0.29, 0.717) is 0 Å². The first kappa shape index (κ1) is 9.83. The van der Waals surface area contributed by atoms with E-state index in [9.17, 15) is 0 Å². The lowest BCUT2D eigenvalue weighted by Gasteiger charge is -2.16. The second kappa shape index (κ2) is 5.40. The maximum absolute atomic E-state index is 2.35. The van der Waals surface area contributed by atoms with Gasteiger partial charge >= 0.3 is 0 Å². The molecule has 0 aromatic heterocycles. The molecule has 70 valence electrons. The van der Waals surface area contributed by atoms with Gasteiger partial charge in [-0.25, -0.2) is 0 Å². The summed E-state index contributed by atoms with van der Waals surface area (Å²) in [6.45, 7) is 4.46. The minimum atomic E-state index is 1.05. The van der Waals surface area contributed by atoms with Crippen molar-refractivity contribution in [2.24, 2.45) is 11.8 Å². The van der Waals surface area contributed by atoms with Crippen molar-refractivity contribution in [3.63, 3.8) is 0 Å². The molecule has 0 aliphatic heterocycles. The monoisotopic (exact) mass is 166 g/mol. The lowest BCUT2D eigenvalue weighted by atomic mass is 9.90. The zero-order valence-corrected chi connectivity index (χ0v) is 8.55. The first-order valence-corrected chi connectivity index (χ1v) is 5.49. The van der Waals surface area contributed by atoms with Crippen LogP contribution in [0.4, 0.5) is 0 Å². The van der Waals surface area contributed by atoms with Crippen LogP contribution in [-0.4, -0.2) is 0 Å². The van der Waals surface area contributed by atoms with Gasteiger partial charge in [-0.05, 0) is 31.6 Å². The summed E-state index contributed by atoms with van der Waals surface area (Å²) in [5, 5.41) is 0. The molecule has 1 fully saturated rings. The van der Waals surface area contributed by atoms with Crippen LogP contribution < -0.4 is 0 Å². The molecular formula is C12H22. The van der Waals surface area contributed by atoms with Gasteiger partial charge < -0.3 is 0 Å². The van der Waals surface area contributed by atoms with Crippen LogP contribution in [0.1, 0.15) is 52.4 Å². The van der Waals surface area contributed by atoms with Crippen molar-refractivity contribution in [2.45, 2.75) is 52.4 Å². The second-order valence-electron chi connectivity index (χ2n) is 4.01. The fraction of sp³-hybridized carbons (Fsp3) is 0.833. The van der Waals surface area contributed by atoms with Gasteiger partial charge in [0.25, 0.3) is 0 Å². The Morgan fingerprint density at radius 3 is 2.67 bits per heavy atom. The molecule has 1 saturated carbocycles. The van der Waals surface area contributed by atoms with Gasteiger partial charge in [-0.3, -0.25) is 0 Å². The Morgan fingerprint density at radius 2 is 2.00 bits per heavy atom. The highest BCUT2D eigenvalue weighted by atomic mass is 14.3. The highest BCUT2D eigenvalue weighted by Crippen LogP contribution is 2.36. The Bertz CT molecular complexity index is 135. The number of allylic oxidation sites excluding steroid dienone is 2. The minimum Gasteiger partial charge on any atom is -0.0917 e. The lowest BCUT2D eigenvalue weighted by Crippen LogP contribution is -2.05. The van der Waals surface area contributed by atoms with Gasteiger partial charge in [0.2, 0.25) is 0 Å². The first-order chi connectivity index (χ1) is 5.88. The molecule has 0 saturated heterocycles. The molecule has 0 heterocycles. The van der Waals surface area contributed by atoms with Crippen molar-refractivity contribution in [3.05, 3.63) is 12.2 Å². The lowest BCUT2D eigenvalue weighted by molar-refractivity contribution is 0.357. The summed E-state index contributed by atoms with van der Waals surface area (Å²) in [4.78, 5) is 0. The molecular weight excluding hydrogens is 144 g/mol. The third-order valence-corrected chi connectivity index (χ3v) is 3.28. The van der Waals surface area contributed by atoms with E-state index >= 15 is 0 Å². The van der Waals surface area contributed by atoms with Gasteiger partial charge in [-0.15, -0.1) is 0 Å². The quantitative estimate of drug-likeness (QED) is 0.550. The molecule has 0 radical (unpaired) electrons. The molecule has 0 bridgehead atoms. The molecule has 2 atom stereocenters. The second-order valence-corrected chi connectivity index (χ2v) is 4.01. The fourth-order valence-electron chi connectivity index (χ4n) is 2.51. The molecule has 2 unspecified atom stereocenters. The summed E-state index contributed by atoms with van der Waals surface area (Å²) in [5.74, 6) is 2.10. The summed E-state index contributed by atoms with van der Waals surface area (Å²) >= 11 is 0. The van der Waals surface area contributed by atoms with Crippen molar-refractivity contribution in [1.29, 1.82) is 0 Å². The van der Waals surface area contributed by atoms with E-state index in [1.54, 1.807) is 0 Å². The van der Waals surface area contributed by atoms with Crippen molar-refractivity contribution in [3.8, 4) is 0 Å². The summed E-state index contributed by atoms with van der Waals surface area (Å²) in [6.07, 6.45) is 13.1. The predicted molar refractivity (Wildman–Crippen MR) is 55.2 cm³/mol. The zero-order valence-electron chi connectivity index (χ0n) is 8.55. The highest BCUT2D eigenvalue weighted by Gasteiger charge is 2.24. The van der Waals surface area contributed by atoms with Crippen LogP contribution in [0.5, 0.6) is 0 Å². The van der Waals surface area contributed by atoms with E-state index in [2.05, 4.69) is 26.0 Å². The molecule has 0 heteroatoms. The largest absolute Gasteiger partial charge is 0.0917 e. The first-order valence-electron chi connectivity index (χ1n) is 5.49. The topological polar surface area (TPSA) is 0 Å². The van der Waals surface area contributed by atoms with Crippen molar-refractivity contribution in [1.82, 2.24) is 0 Å². The molecule has 0 nitrogen and oxygen atoms in total. The Balaban J connectivity index is 2.21. The van der Waals surface area contributed by atoms with Crippen molar-refractivity contribution >= 4 is 0 Å². The number of rotatable bonds is 4. The smallest absolute Gasteiger partial charge is 0.0348 e. The average Bonchev–Trinajstić information content (AvgIpc) is 2.52. The van der Waals surface area contributed by atoms with Crippen LogP contribution >= 0.6 is 0 Å². The van der Waals surface area contributed by atoms with E-state index in [4.69, 9.17) is 0 Å². The summed E-state index contributed by atoms with van der Waals surface area (Å²) in [6, 6.07) is 0. The van der Waals surface area contributed by atoms with Crippen LogP contribution in [0.25, 0.3) is 0 Å². The van der Waals surface area contributed by atoms with Gasteiger partial charge in [0, 0.05) is 0 Å². The van der Waals surface area contributed by atoms with Crippen molar-refractivity contribution < 1.29 is 0 Å². The van der Waals surface area contributed by atoms with Crippen LogP contribution in [-0.2, 0) is 0 Å². The summed E-state index contributed by atoms with van der Waals surface area (Å²) < 4.78 is 0. The maximum atomic E-state index is 2.35. The Kier molecular flexibility index (Phi) is 4.42. The molecule has 0 amide bonds. The molecule has 12 heavy (non-hydrogen) atoms. The predicted octanol–water partition coefficient (Wildman–Crippen LogP) is 4.17. The molecule has 1 rings (SSSR count). The Hall–Kier alpha value is -0.260. The Morgan fingerprint density at radius 1 is 1.25 bits per heavy atom. The van der Waals surface area contributed by atoms with Crippen LogP contribution in [0, 0.1) is 11.8 Å². The van der Waals surface area contributed by atoms with E-state index < -0.39 is 0 Å². The third kappa shape index (κ3) is 2.66. The van der Waals surface area contributed by atoms with E-state index in [-0.39, 0.29) is 0 Å². The zero-order chi connectivity index (χ0) is 8.81. The van der Waals surface area contributed by atoms with Gasteiger partial charge in [0.1, 0.15) is 0 Å². The molecule has 1 aliphatic carbocycles. The summed E-state index contributed by atoms with van der Waals surface area (Å²) in [7, 11) is 0. The standard InChI is InChI=1S/C12H22/c1-3-5-6-8-12-10-7-9-11(12)4-2/h3,5,11-12H,4,6-10H2,1-2H3/b5-3-. The van der Waals surface area contributed by atoms with Crippen LogP contribution in [0.15, 0.2) is 12.2 Å². The SMILES string of the molecule is C/C=C\CCC1CCCC1CC. The third-order valence-electron chi connectivity index (χ3n) is 3.28. The van der Waals surface area contributed by atoms with Gasteiger partial charge in [-0.1, -0.05) is 44.8 Å². The van der Waals surface area contributed by atoms with E-state index in [0.717, 1.165) is 11.8 Å². The van der Waals surface area contributed by atoms with Crippen LogP contribution in [0.3, 0.4) is 0 Å². The normalized spacial score (nSPS) is 30.2. The molecule has 0 aromatic carbocycles. The van der Waals surface area contributed by atoms with E-state index in [1.165, 1.54) is 38.5 Å².